The van der Waals surface area contributed by atoms with E-state index >= 15 is 0 Å². The number of ether oxygens (including phenoxy) is 2. The highest BCUT2D eigenvalue weighted by atomic mass is 16.5. The van der Waals surface area contributed by atoms with E-state index in [2.05, 4.69) is 22.3 Å². The fourth-order valence-electron chi connectivity index (χ4n) is 4.31. The van der Waals surface area contributed by atoms with Crippen LogP contribution in [0.4, 0.5) is 0 Å². The summed E-state index contributed by atoms with van der Waals surface area (Å²) in [7, 11) is 0. The number of rotatable bonds is 7. The van der Waals surface area contributed by atoms with Gasteiger partial charge in [0.25, 0.3) is 0 Å². The molecule has 4 rings (SSSR count). The standard InChI is InChI=1S/C21H30N2O4/c24-18-13-17(14-18)21(16-3-4-19-15(12-16)5-9-27-19)22-20(25)2-1-6-23-7-10-26-11-8-23/h3-4,12,17-18,21,24H,1-2,5-11,13-14H2,(H,22,25)/t17?,18?,21-/m1/s1. The van der Waals surface area contributed by atoms with Gasteiger partial charge in [-0.25, -0.2) is 0 Å². The van der Waals surface area contributed by atoms with Crippen molar-refractivity contribution in [1.82, 2.24) is 10.2 Å². The van der Waals surface area contributed by atoms with Crippen molar-refractivity contribution in [3.63, 3.8) is 0 Å². The molecule has 0 spiro atoms. The quantitative estimate of drug-likeness (QED) is 0.760. The van der Waals surface area contributed by atoms with Crippen molar-refractivity contribution in [3.8, 4) is 5.75 Å². The zero-order valence-corrected chi connectivity index (χ0v) is 15.9. The van der Waals surface area contributed by atoms with E-state index in [0.29, 0.717) is 12.3 Å². The summed E-state index contributed by atoms with van der Waals surface area (Å²) in [5.41, 5.74) is 2.36. The van der Waals surface area contributed by atoms with E-state index in [1.165, 1.54) is 5.56 Å². The molecule has 6 heteroatoms. The number of nitrogens with one attached hydrogen (secondary N) is 1. The number of benzene rings is 1. The lowest BCUT2D eigenvalue weighted by Gasteiger charge is -2.38. The van der Waals surface area contributed by atoms with Gasteiger partial charge in [-0.2, -0.15) is 0 Å². The highest BCUT2D eigenvalue weighted by Crippen LogP contribution is 2.39. The molecule has 27 heavy (non-hydrogen) atoms. The maximum atomic E-state index is 12.6. The third-order valence-electron chi connectivity index (χ3n) is 5.99. The number of carbonyl (C=O) groups excluding carboxylic acids is 1. The van der Waals surface area contributed by atoms with Crippen LogP contribution in [-0.2, 0) is 16.0 Å². The molecular formula is C21H30N2O4. The third-order valence-corrected chi connectivity index (χ3v) is 5.99. The number of morpholine rings is 1. The van der Waals surface area contributed by atoms with Gasteiger partial charge in [-0.15, -0.1) is 0 Å². The Labute approximate surface area is 160 Å². The molecule has 3 aliphatic rings. The molecule has 1 amide bonds. The van der Waals surface area contributed by atoms with Gasteiger partial charge in [0.05, 0.1) is 32.0 Å². The van der Waals surface area contributed by atoms with Crippen LogP contribution in [0.5, 0.6) is 5.75 Å². The predicted octanol–water partition coefficient (Wildman–Crippen LogP) is 1.66. The van der Waals surface area contributed by atoms with Crippen molar-refractivity contribution in [2.45, 2.75) is 44.2 Å². The van der Waals surface area contributed by atoms with Gasteiger partial charge in [-0.3, -0.25) is 9.69 Å². The zero-order valence-electron chi connectivity index (χ0n) is 15.9. The summed E-state index contributed by atoms with van der Waals surface area (Å²) >= 11 is 0. The van der Waals surface area contributed by atoms with Crippen molar-refractivity contribution in [2.75, 3.05) is 39.5 Å². The molecular weight excluding hydrogens is 344 g/mol. The number of hydrogen-bond acceptors (Lipinski definition) is 5. The predicted molar refractivity (Wildman–Crippen MR) is 102 cm³/mol. The van der Waals surface area contributed by atoms with Crippen LogP contribution in [0.3, 0.4) is 0 Å². The van der Waals surface area contributed by atoms with E-state index in [1.807, 2.05) is 6.07 Å². The molecule has 1 aliphatic carbocycles. The van der Waals surface area contributed by atoms with E-state index in [0.717, 1.165) is 76.5 Å². The topological polar surface area (TPSA) is 71.0 Å². The summed E-state index contributed by atoms with van der Waals surface area (Å²) in [4.78, 5) is 14.9. The second-order valence-electron chi connectivity index (χ2n) is 7.95. The van der Waals surface area contributed by atoms with E-state index in [9.17, 15) is 9.90 Å². The van der Waals surface area contributed by atoms with Gasteiger partial charge in [0, 0.05) is 25.9 Å². The first-order valence-electron chi connectivity index (χ1n) is 10.2. The molecule has 6 nitrogen and oxygen atoms in total. The second-order valence-corrected chi connectivity index (χ2v) is 7.95. The van der Waals surface area contributed by atoms with Gasteiger partial charge >= 0.3 is 0 Å². The Hall–Kier alpha value is -1.63. The lowest BCUT2D eigenvalue weighted by atomic mass is 9.74. The van der Waals surface area contributed by atoms with Gasteiger partial charge in [-0.1, -0.05) is 6.07 Å². The van der Waals surface area contributed by atoms with Crippen molar-refractivity contribution < 1.29 is 19.4 Å². The fourth-order valence-corrected chi connectivity index (χ4v) is 4.31. The molecule has 2 aliphatic heterocycles. The van der Waals surface area contributed by atoms with Gasteiger partial charge in [0.2, 0.25) is 5.91 Å². The minimum absolute atomic E-state index is 0.0183. The highest BCUT2D eigenvalue weighted by Gasteiger charge is 2.36. The van der Waals surface area contributed by atoms with Crippen LogP contribution in [0.25, 0.3) is 0 Å². The number of hydrogen-bond donors (Lipinski definition) is 2. The lowest BCUT2D eigenvalue weighted by molar-refractivity contribution is -0.123. The molecule has 0 aromatic heterocycles. The Kier molecular flexibility index (Phi) is 5.95. The molecule has 1 saturated heterocycles. The third kappa shape index (κ3) is 4.62. The molecule has 2 heterocycles. The van der Waals surface area contributed by atoms with Crippen LogP contribution in [-0.4, -0.2) is 61.5 Å². The van der Waals surface area contributed by atoms with Gasteiger partial charge < -0.3 is 19.9 Å². The van der Waals surface area contributed by atoms with Gasteiger partial charge in [-0.05, 0) is 55.0 Å². The Morgan fingerprint density at radius 1 is 1.26 bits per heavy atom. The van der Waals surface area contributed by atoms with Crippen LogP contribution in [0.15, 0.2) is 18.2 Å². The summed E-state index contributed by atoms with van der Waals surface area (Å²) in [5.74, 6) is 1.37. The molecule has 1 atom stereocenters. The first-order valence-corrected chi connectivity index (χ1v) is 10.2. The van der Waals surface area contributed by atoms with Crippen LogP contribution >= 0.6 is 0 Å². The number of amides is 1. The molecule has 1 saturated carbocycles. The molecule has 1 aromatic rings. The van der Waals surface area contributed by atoms with E-state index in [-0.39, 0.29) is 18.1 Å². The smallest absolute Gasteiger partial charge is 0.220 e. The van der Waals surface area contributed by atoms with E-state index in [1.54, 1.807) is 0 Å². The Morgan fingerprint density at radius 2 is 2.07 bits per heavy atom. The minimum Gasteiger partial charge on any atom is -0.493 e. The molecule has 1 aromatic carbocycles. The zero-order chi connectivity index (χ0) is 18.6. The first kappa shape index (κ1) is 18.7. The number of nitrogens with zero attached hydrogens (tertiary/aromatic N) is 1. The number of fused-ring (bicyclic) bond motifs is 1. The molecule has 0 radical (unpaired) electrons. The number of aliphatic hydroxyl groups is 1. The average molecular weight is 374 g/mol. The monoisotopic (exact) mass is 374 g/mol. The van der Waals surface area contributed by atoms with Crippen molar-refractivity contribution in [3.05, 3.63) is 29.3 Å². The van der Waals surface area contributed by atoms with Crippen LogP contribution in [0.2, 0.25) is 0 Å². The van der Waals surface area contributed by atoms with Crippen molar-refractivity contribution >= 4 is 5.91 Å². The van der Waals surface area contributed by atoms with Crippen LogP contribution in [0, 0.1) is 5.92 Å². The summed E-state index contributed by atoms with van der Waals surface area (Å²) in [6.45, 7) is 5.18. The van der Waals surface area contributed by atoms with E-state index in [4.69, 9.17) is 9.47 Å². The highest BCUT2D eigenvalue weighted by molar-refractivity contribution is 5.76. The summed E-state index contributed by atoms with van der Waals surface area (Å²) in [6, 6.07) is 6.24. The van der Waals surface area contributed by atoms with E-state index < -0.39 is 0 Å². The van der Waals surface area contributed by atoms with Gasteiger partial charge in [0.15, 0.2) is 0 Å². The van der Waals surface area contributed by atoms with Crippen molar-refractivity contribution in [1.29, 1.82) is 0 Å². The average Bonchev–Trinajstić information content (AvgIpc) is 3.12. The summed E-state index contributed by atoms with van der Waals surface area (Å²) < 4.78 is 11.0. The Bertz CT molecular complexity index is 654. The van der Waals surface area contributed by atoms with Crippen LogP contribution < -0.4 is 10.1 Å². The first-order chi connectivity index (χ1) is 13.2. The summed E-state index contributed by atoms with van der Waals surface area (Å²) in [5, 5.41) is 13.0. The summed E-state index contributed by atoms with van der Waals surface area (Å²) in [6.07, 6.45) is 3.62. The normalized spacial score (nSPS) is 26.0. The Morgan fingerprint density at radius 3 is 2.85 bits per heavy atom. The maximum absolute atomic E-state index is 12.6. The minimum atomic E-state index is -0.228. The lowest BCUT2D eigenvalue weighted by Crippen LogP contribution is -2.41. The SMILES string of the molecule is O=C(CCCN1CCOCC1)N[C@H](c1ccc2c(c1)CCO2)C1CC(O)C1. The number of carbonyl (C=O) groups is 1. The maximum Gasteiger partial charge on any atom is 0.220 e. The number of aliphatic hydroxyl groups excluding tert-OH is 1. The molecule has 148 valence electrons. The Balaban J connectivity index is 1.34. The van der Waals surface area contributed by atoms with Crippen LogP contribution in [0.1, 0.15) is 42.9 Å². The largest absolute Gasteiger partial charge is 0.493 e. The molecule has 2 N–H and O–H groups in total. The van der Waals surface area contributed by atoms with Crippen molar-refractivity contribution in [2.24, 2.45) is 5.92 Å². The molecule has 2 fully saturated rings. The molecule has 0 unspecified atom stereocenters. The second kappa shape index (κ2) is 8.59. The van der Waals surface area contributed by atoms with Gasteiger partial charge in [0.1, 0.15) is 5.75 Å². The fraction of sp³-hybridized carbons (Fsp3) is 0.667. The molecule has 0 bridgehead atoms.